The minimum atomic E-state index is -0.563. The lowest BCUT2D eigenvalue weighted by atomic mass is 9.97. The average molecular weight is 1010 g/mol. The molecule has 0 spiro atoms. The van der Waals surface area contributed by atoms with Crippen LogP contribution in [-0.4, -0.2) is 141 Å². The minimum Gasteiger partial charge on any atom is -0.490 e. The molecule has 70 heavy (non-hydrogen) atoms. The second kappa shape index (κ2) is 31.5. The Morgan fingerprint density at radius 3 is 1.51 bits per heavy atom. The summed E-state index contributed by atoms with van der Waals surface area (Å²) < 4.78 is 40.2. The molecule has 0 saturated carbocycles. The highest BCUT2D eigenvalue weighted by Crippen LogP contribution is 2.36. The van der Waals surface area contributed by atoms with Crippen molar-refractivity contribution in [3.05, 3.63) is 46.5 Å². The van der Waals surface area contributed by atoms with Gasteiger partial charge in [0, 0.05) is 89.2 Å². The summed E-state index contributed by atoms with van der Waals surface area (Å²) in [7, 11) is 3.35. The van der Waals surface area contributed by atoms with Gasteiger partial charge in [0.1, 0.15) is 5.60 Å². The molecule has 2 aromatic rings. The number of piperidine rings is 2. The molecular formula is C55H93ClN4O10. The number of hydrogen-bond acceptors (Lipinski definition) is 11. The van der Waals surface area contributed by atoms with E-state index in [-0.39, 0.29) is 66.7 Å². The third-order valence-electron chi connectivity index (χ3n) is 11.8. The highest BCUT2D eigenvalue weighted by Gasteiger charge is 2.36. The molecule has 2 heterocycles. The fourth-order valence-electron chi connectivity index (χ4n) is 8.91. The molecule has 2 atom stereocenters. The van der Waals surface area contributed by atoms with Gasteiger partial charge in [-0.3, -0.25) is 9.59 Å². The first-order valence-corrected chi connectivity index (χ1v) is 26.0. The Hall–Kier alpha value is -3.98. The van der Waals surface area contributed by atoms with Crippen molar-refractivity contribution >= 4 is 30.3 Å². The van der Waals surface area contributed by atoms with Gasteiger partial charge in [0.15, 0.2) is 23.0 Å². The lowest BCUT2D eigenvalue weighted by Crippen LogP contribution is -2.54. The minimum absolute atomic E-state index is 0. The first-order chi connectivity index (χ1) is 32.8. The molecule has 0 radical (unpaired) electrons. The van der Waals surface area contributed by atoms with Crippen molar-refractivity contribution in [2.75, 3.05) is 66.8 Å². The maximum absolute atomic E-state index is 14.2. The Labute approximate surface area is 428 Å². The van der Waals surface area contributed by atoms with Crippen molar-refractivity contribution < 1.29 is 47.5 Å². The van der Waals surface area contributed by atoms with Crippen molar-refractivity contribution in [3.63, 3.8) is 0 Å². The van der Waals surface area contributed by atoms with Crippen molar-refractivity contribution in [3.8, 4) is 23.0 Å². The summed E-state index contributed by atoms with van der Waals surface area (Å²) in [5, 5.41) is 3.45. The van der Waals surface area contributed by atoms with Gasteiger partial charge in [0.25, 0.3) is 11.8 Å². The summed E-state index contributed by atoms with van der Waals surface area (Å²) in [4.78, 5) is 46.6. The van der Waals surface area contributed by atoms with Crippen LogP contribution < -0.4 is 24.3 Å². The van der Waals surface area contributed by atoms with Gasteiger partial charge in [-0.2, -0.15) is 0 Å². The van der Waals surface area contributed by atoms with Crippen LogP contribution in [0.2, 0.25) is 0 Å². The van der Waals surface area contributed by atoms with E-state index >= 15 is 0 Å². The van der Waals surface area contributed by atoms with Crippen LogP contribution in [-0.2, 0) is 27.1 Å². The van der Waals surface area contributed by atoms with E-state index in [1.165, 1.54) is 0 Å². The van der Waals surface area contributed by atoms with Crippen LogP contribution in [0, 0.1) is 0 Å². The number of nitrogens with one attached hydrogen (secondary N) is 1. The van der Waals surface area contributed by atoms with Crippen LogP contribution in [0.25, 0.3) is 0 Å². The van der Waals surface area contributed by atoms with E-state index in [4.69, 9.17) is 33.2 Å². The number of benzene rings is 2. The zero-order chi connectivity index (χ0) is 51.3. The molecule has 0 aliphatic carbocycles. The fraction of sp³-hybridized carbons (Fsp3) is 0.727. The second-order valence-corrected chi connectivity index (χ2v) is 20.5. The van der Waals surface area contributed by atoms with Gasteiger partial charge in [-0.05, 0) is 157 Å². The molecule has 0 bridgehead atoms. The summed E-state index contributed by atoms with van der Waals surface area (Å²) in [6, 6.07) is 7.94. The summed E-state index contributed by atoms with van der Waals surface area (Å²) in [6.07, 6.45) is 8.40. The van der Waals surface area contributed by atoms with Gasteiger partial charge in [0.05, 0.1) is 31.5 Å². The van der Waals surface area contributed by atoms with Crippen molar-refractivity contribution in [2.24, 2.45) is 0 Å². The van der Waals surface area contributed by atoms with E-state index in [2.05, 4.69) is 37.9 Å². The molecule has 2 aromatic carbocycles. The predicted octanol–water partition coefficient (Wildman–Crippen LogP) is 11.0. The fourth-order valence-corrected chi connectivity index (χ4v) is 8.91. The monoisotopic (exact) mass is 1000 g/mol. The lowest BCUT2D eigenvalue weighted by Gasteiger charge is -2.42. The largest absolute Gasteiger partial charge is 0.490 e. The standard InChI is InChI=1S/C30H50N2O6.C25H42N2O4.ClH/c1-10-13-23-18-27(37-22(4)5)26(36-17-12-16-35-9)19-25(23)28(33)32(21(2)3)24-14-11-15-31(20-24)29(34)38-30(6,7)8;1-7-10-20-15-24(31-19(4)5)23(30-14-9-13-29-6)16-22(20)25(28)27(18(2)3)21-11-8-12-26-17-21;/h18-19,21-22,24H,10-17,20H2,1-9H3;15-16,18-19,21,26H,7-14,17H2,1-6H3;1H/t24-;21-;/m11./s1. The third kappa shape index (κ3) is 19.9. The molecule has 1 N–H and O–H groups in total. The number of ether oxygens (including phenoxy) is 7. The number of nitrogens with zero attached hydrogens (tertiary/aromatic N) is 3. The highest BCUT2D eigenvalue weighted by molar-refractivity contribution is 5.98. The van der Waals surface area contributed by atoms with Gasteiger partial charge in [-0.25, -0.2) is 4.79 Å². The van der Waals surface area contributed by atoms with Crippen LogP contribution >= 0.6 is 12.4 Å². The second-order valence-electron chi connectivity index (χ2n) is 20.5. The quantitative estimate of drug-likeness (QED) is 0.101. The molecular weight excluding hydrogens is 912 g/mol. The topological polar surface area (TPSA) is 138 Å². The summed E-state index contributed by atoms with van der Waals surface area (Å²) in [5.74, 6) is 2.62. The number of hydrogen-bond donors (Lipinski definition) is 1. The Kier molecular flexibility index (Phi) is 27.9. The number of likely N-dealkylation sites (tertiary alicyclic amines) is 1. The number of amides is 3. The van der Waals surface area contributed by atoms with Gasteiger partial charge in [-0.1, -0.05) is 26.7 Å². The SMILES string of the molecule is CCCc1cc(OC(C)C)c(OCCCOC)cc1C(=O)N(C(C)C)[C@@H]1CCCN(C(=O)OC(C)(C)C)C1.CCCc1cc(OC(C)C)c(OCCCOC)cc1C(=O)N(C(C)C)[C@@H]1CCCNC1.Cl. The normalized spacial score (nSPS) is 16.1. The predicted molar refractivity (Wildman–Crippen MR) is 283 cm³/mol. The van der Waals surface area contributed by atoms with Crippen LogP contribution in [0.15, 0.2) is 24.3 Å². The molecule has 0 unspecified atom stereocenters. The Morgan fingerprint density at radius 2 is 1.13 bits per heavy atom. The Bertz CT molecular complexity index is 1860. The van der Waals surface area contributed by atoms with E-state index in [0.29, 0.717) is 68.1 Å². The van der Waals surface area contributed by atoms with E-state index in [1.807, 2.05) is 91.5 Å². The third-order valence-corrected chi connectivity index (χ3v) is 11.8. The van der Waals surface area contributed by atoms with E-state index < -0.39 is 5.60 Å². The zero-order valence-electron chi connectivity index (χ0n) is 45.8. The van der Waals surface area contributed by atoms with Gasteiger partial charge < -0.3 is 53.2 Å². The Balaban J connectivity index is 0.000000483. The van der Waals surface area contributed by atoms with Crippen LogP contribution in [0.4, 0.5) is 4.79 Å². The van der Waals surface area contributed by atoms with E-state index in [0.717, 1.165) is 94.0 Å². The molecule has 3 amide bonds. The first-order valence-electron chi connectivity index (χ1n) is 26.0. The Morgan fingerprint density at radius 1 is 0.671 bits per heavy atom. The van der Waals surface area contributed by atoms with Crippen molar-refractivity contribution in [1.29, 1.82) is 0 Å². The number of aryl methyl sites for hydroxylation is 2. The van der Waals surface area contributed by atoms with Crippen LogP contribution in [0.5, 0.6) is 23.0 Å². The smallest absolute Gasteiger partial charge is 0.410 e. The molecule has 0 aromatic heterocycles. The van der Waals surface area contributed by atoms with Crippen LogP contribution in [0.3, 0.4) is 0 Å². The molecule has 2 aliphatic heterocycles. The number of halogens is 1. The number of methoxy groups -OCH3 is 2. The number of carbonyl (C=O) groups excluding carboxylic acids is 3. The van der Waals surface area contributed by atoms with Crippen molar-refractivity contribution in [1.82, 2.24) is 20.0 Å². The molecule has 2 fully saturated rings. The first kappa shape index (κ1) is 62.1. The molecule has 2 aliphatic rings. The summed E-state index contributed by atoms with van der Waals surface area (Å²) in [5.41, 5.74) is 2.78. The molecule has 4 rings (SSSR count). The van der Waals surface area contributed by atoms with E-state index in [1.54, 1.807) is 19.1 Å². The zero-order valence-corrected chi connectivity index (χ0v) is 46.7. The molecule has 2 saturated heterocycles. The lowest BCUT2D eigenvalue weighted by molar-refractivity contribution is 0.00748. The molecule has 15 heteroatoms. The van der Waals surface area contributed by atoms with Gasteiger partial charge in [0.2, 0.25) is 0 Å². The molecule has 14 nitrogen and oxygen atoms in total. The van der Waals surface area contributed by atoms with Crippen molar-refractivity contribution in [2.45, 2.75) is 196 Å². The van der Waals surface area contributed by atoms with Gasteiger partial charge >= 0.3 is 6.09 Å². The molecule has 400 valence electrons. The highest BCUT2D eigenvalue weighted by atomic mass is 35.5. The maximum Gasteiger partial charge on any atom is 0.410 e. The van der Waals surface area contributed by atoms with Gasteiger partial charge in [-0.15, -0.1) is 12.4 Å². The number of rotatable bonds is 24. The van der Waals surface area contributed by atoms with Crippen LogP contribution in [0.1, 0.15) is 173 Å². The number of carbonyl (C=O) groups is 3. The average Bonchev–Trinajstić information content (AvgIpc) is 3.27. The summed E-state index contributed by atoms with van der Waals surface area (Å²) in [6.45, 7) is 31.2. The van der Waals surface area contributed by atoms with E-state index in [9.17, 15) is 14.4 Å². The summed E-state index contributed by atoms with van der Waals surface area (Å²) >= 11 is 0. The maximum atomic E-state index is 14.2.